The summed E-state index contributed by atoms with van der Waals surface area (Å²) in [5.74, 6) is 0.790. The van der Waals surface area contributed by atoms with Gasteiger partial charge in [0.15, 0.2) is 6.29 Å². The maximum absolute atomic E-state index is 9.51. The quantitative estimate of drug-likeness (QED) is 0.331. The number of anilines is 1. The van der Waals surface area contributed by atoms with Crippen LogP contribution in [0.3, 0.4) is 0 Å². The molecule has 3 N–H and O–H groups in total. The first kappa shape index (κ1) is 27.5. The van der Waals surface area contributed by atoms with Crippen LogP contribution in [0.2, 0.25) is 0 Å². The Labute approximate surface area is 241 Å². The molecule has 0 spiro atoms. The Morgan fingerprint density at radius 1 is 0.805 bits per heavy atom. The van der Waals surface area contributed by atoms with Crippen LogP contribution in [0.1, 0.15) is 41.1 Å². The molecule has 4 aromatic rings. The highest BCUT2D eigenvalue weighted by molar-refractivity contribution is 5.67. The minimum absolute atomic E-state index is 0.00781. The third-order valence-electron chi connectivity index (χ3n) is 8.02. The summed E-state index contributed by atoms with van der Waals surface area (Å²) in [4.78, 5) is 13.5. The highest BCUT2D eigenvalue weighted by atomic mass is 16.7. The van der Waals surface area contributed by atoms with Crippen molar-refractivity contribution in [3.8, 4) is 11.1 Å². The summed E-state index contributed by atoms with van der Waals surface area (Å²) < 4.78 is 13.2. The van der Waals surface area contributed by atoms with Gasteiger partial charge in [-0.05, 0) is 33.9 Å². The van der Waals surface area contributed by atoms with E-state index >= 15 is 0 Å². The zero-order chi connectivity index (χ0) is 28.0. The van der Waals surface area contributed by atoms with Crippen LogP contribution in [-0.2, 0) is 22.6 Å². The molecule has 3 heterocycles. The zero-order valence-corrected chi connectivity index (χ0v) is 23.2. The average molecular weight is 552 g/mol. The molecule has 2 fully saturated rings. The smallest absolute Gasteiger partial charge is 0.225 e. The Bertz CT molecular complexity index is 1390. The molecular formula is C33H37N5O3. The Morgan fingerprint density at radius 2 is 1.51 bits per heavy atom. The molecule has 2 saturated heterocycles. The van der Waals surface area contributed by atoms with Gasteiger partial charge >= 0.3 is 0 Å². The van der Waals surface area contributed by atoms with E-state index in [2.05, 4.69) is 68.3 Å². The number of hydrogen-bond acceptors (Lipinski definition) is 8. The van der Waals surface area contributed by atoms with Crippen molar-refractivity contribution in [1.82, 2.24) is 14.9 Å². The van der Waals surface area contributed by atoms with E-state index < -0.39 is 6.29 Å². The molecule has 0 saturated carbocycles. The maximum Gasteiger partial charge on any atom is 0.225 e. The van der Waals surface area contributed by atoms with Gasteiger partial charge in [-0.2, -0.15) is 0 Å². The predicted octanol–water partition coefficient (Wildman–Crippen LogP) is 4.46. The fourth-order valence-electron chi connectivity index (χ4n) is 5.71. The minimum atomic E-state index is -0.478. The predicted molar refractivity (Wildman–Crippen MR) is 159 cm³/mol. The van der Waals surface area contributed by atoms with Crippen LogP contribution >= 0.6 is 0 Å². The van der Waals surface area contributed by atoms with Crippen molar-refractivity contribution in [3.05, 3.63) is 114 Å². The summed E-state index contributed by atoms with van der Waals surface area (Å²) in [5, 5.41) is 9.51. The Balaban J connectivity index is 1.18. The van der Waals surface area contributed by atoms with Crippen molar-refractivity contribution < 1.29 is 14.6 Å². The summed E-state index contributed by atoms with van der Waals surface area (Å²) in [5.41, 5.74) is 12.4. The standard InChI is InChI=1S/C33H37N5O3/c34-21-28-4-1-2-5-30(28)25-10-12-27(13-11-25)32-40-29(20-31(41-32)26-8-6-24(23-39)7-9-26)22-37-16-18-38(19-17-37)33-35-14-3-15-36-33/h1-15,29,31-32,39H,16-23,34H2/t29-,31+,32+/m1/s1. The van der Waals surface area contributed by atoms with E-state index in [1.165, 1.54) is 0 Å². The van der Waals surface area contributed by atoms with Gasteiger partial charge < -0.3 is 25.2 Å². The van der Waals surface area contributed by atoms with Crippen molar-refractivity contribution in [2.24, 2.45) is 5.73 Å². The molecule has 3 aromatic carbocycles. The molecule has 41 heavy (non-hydrogen) atoms. The van der Waals surface area contributed by atoms with Crippen molar-refractivity contribution in [1.29, 1.82) is 0 Å². The third-order valence-corrected chi connectivity index (χ3v) is 8.02. The lowest BCUT2D eigenvalue weighted by Gasteiger charge is -2.40. The number of benzene rings is 3. The van der Waals surface area contributed by atoms with Crippen molar-refractivity contribution in [3.63, 3.8) is 0 Å². The highest BCUT2D eigenvalue weighted by Crippen LogP contribution is 2.39. The van der Waals surface area contributed by atoms with Crippen LogP contribution in [0.25, 0.3) is 11.1 Å². The molecule has 212 valence electrons. The number of nitrogens with two attached hydrogens (primary N) is 1. The number of nitrogens with zero attached hydrogens (tertiary/aromatic N) is 4. The fourth-order valence-corrected chi connectivity index (χ4v) is 5.71. The van der Waals surface area contributed by atoms with Crippen LogP contribution < -0.4 is 10.6 Å². The number of aromatic nitrogens is 2. The van der Waals surface area contributed by atoms with E-state index in [9.17, 15) is 5.11 Å². The average Bonchev–Trinajstić information content (AvgIpc) is 3.05. The molecule has 0 amide bonds. The second-order valence-corrected chi connectivity index (χ2v) is 10.7. The van der Waals surface area contributed by atoms with E-state index in [0.717, 1.165) is 78.5 Å². The number of aliphatic hydroxyl groups is 1. The summed E-state index contributed by atoms with van der Waals surface area (Å²) in [6.07, 6.45) is 3.77. The molecule has 8 heteroatoms. The molecule has 1 aromatic heterocycles. The molecule has 0 bridgehead atoms. The lowest BCUT2D eigenvalue weighted by atomic mass is 9.97. The summed E-state index contributed by atoms with van der Waals surface area (Å²) >= 11 is 0. The molecule has 3 atom stereocenters. The lowest BCUT2D eigenvalue weighted by molar-refractivity contribution is -0.253. The Morgan fingerprint density at radius 3 is 2.22 bits per heavy atom. The first-order valence-corrected chi connectivity index (χ1v) is 14.3. The number of ether oxygens (including phenoxy) is 2. The Kier molecular flexibility index (Phi) is 8.65. The van der Waals surface area contributed by atoms with Crippen molar-refractivity contribution in [2.45, 2.75) is 38.1 Å². The topological polar surface area (TPSA) is 97.0 Å². The highest BCUT2D eigenvalue weighted by Gasteiger charge is 2.34. The van der Waals surface area contributed by atoms with E-state index in [-0.39, 0.29) is 18.8 Å². The van der Waals surface area contributed by atoms with Gasteiger partial charge in [-0.1, -0.05) is 72.8 Å². The first-order chi connectivity index (χ1) is 20.2. The maximum atomic E-state index is 9.51. The third kappa shape index (κ3) is 6.48. The van der Waals surface area contributed by atoms with Gasteiger partial charge in [-0.25, -0.2) is 9.97 Å². The van der Waals surface area contributed by atoms with Crippen LogP contribution in [-0.4, -0.2) is 58.8 Å². The van der Waals surface area contributed by atoms with Gasteiger partial charge in [0.2, 0.25) is 5.95 Å². The first-order valence-electron chi connectivity index (χ1n) is 14.3. The Hall–Kier alpha value is -3.66. The molecule has 2 aliphatic heterocycles. The normalized spacial score (nSPS) is 21.6. The number of piperazine rings is 1. The van der Waals surface area contributed by atoms with Crippen LogP contribution in [0.5, 0.6) is 0 Å². The van der Waals surface area contributed by atoms with E-state index in [4.69, 9.17) is 15.2 Å². The van der Waals surface area contributed by atoms with Gasteiger partial charge in [0.25, 0.3) is 0 Å². The van der Waals surface area contributed by atoms with Crippen LogP contribution in [0, 0.1) is 0 Å². The monoisotopic (exact) mass is 551 g/mol. The molecular weight excluding hydrogens is 514 g/mol. The second kappa shape index (κ2) is 12.9. The van der Waals surface area contributed by atoms with E-state index in [1.54, 1.807) is 12.4 Å². The molecule has 2 aliphatic rings. The SMILES string of the molecule is NCc1ccccc1-c1ccc([C@H]2O[C@@H](CN3CCN(c4ncccn4)CC3)C[C@@H](c3ccc(CO)cc3)O2)cc1. The van der Waals surface area contributed by atoms with Gasteiger partial charge in [-0.15, -0.1) is 0 Å². The largest absolute Gasteiger partial charge is 0.392 e. The molecule has 0 radical (unpaired) electrons. The van der Waals surface area contributed by atoms with E-state index in [0.29, 0.717) is 6.54 Å². The molecule has 6 rings (SSSR count). The van der Waals surface area contributed by atoms with E-state index in [1.807, 2.05) is 30.3 Å². The molecule has 8 nitrogen and oxygen atoms in total. The lowest BCUT2D eigenvalue weighted by Crippen LogP contribution is -2.50. The van der Waals surface area contributed by atoms with Gasteiger partial charge in [-0.3, -0.25) is 4.90 Å². The van der Waals surface area contributed by atoms with Crippen molar-refractivity contribution in [2.75, 3.05) is 37.6 Å². The molecule has 0 unspecified atom stereocenters. The summed E-state index contributed by atoms with van der Waals surface area (Å²) in [7, 11) is 0. The van der Waals surface area contributed by atoms with Gasteiger partial charge in [0.1, 0.15) is 0 Å². The minimum Gasteiger partial charge on any atom is -0.392 e. The number of aliphatic hydroxyl groups excluding tert-OH is 1. The van der Waals surface area contributed by atoms with Gasteiger partial charge in [0.05, 0.1) is 18.8 Å². The number of hydrogen-bond donors (Lipinski definition) is 2. The summed E-state index contributed by atoms with van der Waals surface area (Å²) in [6, 6.07) is 26.6. The second-order valence-electron chi connectivity index (χ2n) is 10.7. The van der Waals surface area contributed by atoms with Crippen LogP contribution in [0.15, 0.2) is 91.3 Å². The van der Waals surface area contributed by atoms with Crippen molar-refractivity contribution >= 4 is 5.95 Å². The van der Waals surface area contributed by atoms with Gasteiger partial charge in [0, 0.05) is 63.6 Å². The van der Waals surface area contributed by atoms with Crippen LogP contribution in [0.4, 0.5) is 5.95 Å². The zero-order valence-electron chi connectivity index (χ0n) is 23.2. The number of rotatable bonds is 8. The fraction of sp³-hybridized carbons (Fsp3) is 0.333. The summed E-state index contributed by atoms with van der Waals surface area (Å²) in [6.45, 7) is 4.97. The molecule has 0 aliphatic carbocycles.